The summed E-state index contributed by atoms with van der Waals surface area (Å²) < 4.78 is 0.992. The fraction of sp³-hybridized carbons (Fsp3) is 0.286. The van der Waals surface area contributed by atoms with E-state index >= 15 is 0 Å². The van der Waals surface area contributed by atoms with Crippen LogP contribution in [0.4, 0.5) is 11.5 Å². The van der Waals surface area contributed by atoms with Crippen LogP contribution in [0.1, 0.15) is 19.5 Å². The van der Waals surface area contributed by atoms with E-state index in [1.54, 1.807) is 12.1 Å². The Balaban J connectivity index is 2.55. The summed E-state index contributed by atoms with van der Waals surface area (Å²) in [5.74, 6) is 1.28. The van der Waals surface area contributed by atoms with Crippen LogP contribution < -0.4 is 5.32 Å². The lowest BCUT2D eigenvalue weighted by Crippen LogP contribution is -2.07. The number of hydrogen-bond donors (Lipinski definition) is 1. The molecule has 7 heteroatoms. The third-order valence-electron chi connectivity index (χ3n) is 2.91. The van der Waals surface area contributed by atoms with Crippen LogP contribution in [-0.4, -0.2) is 21.4 Å². The zero-order valence-electron chi connectivity index (χ0n) is 11.8. The zero-order chi connectivity index (χ0) is 15.4. The van der Waals surface area contributed by atoms with Gasteiger partial charge in [-0.25, -0.2) is 9.97 Å². The first kappa shape index (κ1) is 15.6. The topological polar surface area (TPSA) is 81.0 Å². The van der Waals surface area contributed by atoms with Gasteiger partial charge < -0.3 is 5.32 Å². The summed E-state index contributed by atoms with van der Waals surface area (Å²) in [5, 5.41) is 14.1. The summed E-state index contributed by atoms with van der Waals surface area (Å²) in [6, 6.07) is 6.39. The van der Waals surface area contributed by atoms with Crippen LogP contribution in [0.15, 0.2) is 24.3 Å². The number of nitro benzene ring substituents is 1. The third kappa shape index (κ3) is 3.46. The van der Waals surface area contributed by atoms with E-state index < -0.39 is 4.92 Å². The van der Waals surface area contributed by atoms with E-state index in [4.69, 9.17) is 0 Å². The first-order chi connectivity index (χ1) is 10.1. The number of nitro groups is 1. The number of benzene rings is 1. The van der Waals surface area contributed by atoms with Gasteiger partial charge in [0.25, 0.3) is 5.69 Å². The van der Waals surface area contributed by atoms with Gasteiger partial charge in [0.2, 0.25) is 0 Å². The largest absolute Gasteiger partial charge is 0.369 e. The van der Waals surface area contributed by atoms with E-state index in [1.165, 1.54) is 12.1 Å². The monoisotopic (exact) mass is 398 g/mol. The highest BCUT2D eigenvalue weighted by Gasteiger charge is 2.14. The van der Waals surface area contributed by atoms with Crippen molar-refractivity contribution in [1.29, 1.82) is 0 Å². The number of nitrogens with zero attached hydrogens (tertiary/aromatic N) is 3. The molecule has 0 radical (unpaired) electrons. The highest BCUT2D eigenvalue weighted by Crippen LogP contribution is 2.26. The minimum absolute atomic E-state index is 0.0395. The molecule has 0 saturated heterocycles. The lowest BCUT2D eigenvalue weighted by Gasteiger charge is -2.11. The molecule has 0 unspecified atom stereocenters. The van der Waals surface area contributed by atoms with Crippen LogP contribution in [0.25, 0.3) is 11.4 Å². The molecule has 0 spiro atoms. The van der Waals surface area contributed by atoms with Crippen LogP contribution >= 0.6 is 22.6 Å². The predicted octanol–water partition coefficient (Wildman–Crippen LogP) is 3.65. The van der Waals surface area contributed by atoms with E-state index in [-0.39, 0.29) is 5.69 Å². The number of nitrogens with one attached hydrogen (secondary N) is 1. The maximum atomic E-state index is 10.9. The molecule has 110 valence electrons. The molecule has 0 atom stereocenters. The van der Waals surface area contributed by atoms with E-state index in [9.17, 15) is 10.1 Å². The first-order valence-electron chi connectivity index (χ1n) is 6.61. The number of aromatic nitrogens is 2. The summed E-state index contributed by atoms with van der Waals surface area (Å²) >= 11 is 2.22. The van der Waals surface area contributed by atoms with Gasteiger partial charge in [-0.15, -0.1) is 0 Å². The van der Waals surface area contributed by atoms with Crippen molar-refractivity contribution in [3.05, 3.63) is 43.6 Å². The lowest BCUT2D eigenvalue weighted by molar-refractivity contribution is -0.384. The predicted molar refractivity (Wildman–Crippen MR) is 90.4 cm³/mol. The van der Waals surface area contributed by atoms with E-state index in [0.717, 1.165) is 28.0 Å². The highest BCUT2D eigenvalue weighted by atomic mass is 127. The zero-order valence-corrected chi connectivity index (χ0v) is 13.9. The van der Waals surface area contributed by atoms with Gasteiger partial charge in [0.15, 0.2) is 5.82 Å². The van der Waals surface area contributed by atoms with Gasteiger partial charge in [-0.2, -0.15) is 0 Å². The normalized spacial score (nSPS) is 10.4. The van der Waals surface area contributed by atoms with Crippen molar-refractivity contribution in [2.75, 3.05) is 11.9 Å². The molecule has 2 rings (SSSR count). The molecule has 0 amide bonds. The second kappa shape index (κ2) is 6.79. The average molecular weight is 398 g/mol. The maximum absolute atomic E-state index is 10.9. The standard InChI is InChI=1S/C14H15IN4O2/c1-3-11-12(15)14(16-4-2)18-13(17-11)9-6-5-7-10(8-9)19(20)21/h5-8H,3-4H2,1-2H3,(H,16,17,18). The minimum atomic E-state index is -0.415. The summed E-state index contributed by atoms with van der Waals surface area (Å²) in [4.78, 5) is 19.5. The second-order valence-corrected chi connectivity index (χ2v) is 5.43. The van der Waals surface area contributed by atoms with Crippen LogP contribution in [-0.2, 0) is 6.42 Å². The van der Waals surface area contributed by atoms with Gasteiger partial charge in [-0.05, 0) is 35.9 Å². The average Bonchev–Trinajstić information content (AvgIpc) is 2.49. The molecule has 2 aromatic rings. The molecule has 0 aliphatic carbocycles. The van der Waals surface area contributed by atoms with Crippen LogP contribution in [0.2, 0.25) is 0 Å². The van der Waals surface area contributed by atoms with Crippen molar-refractivity contribution in [1.82, 2.24) is 9.97 Å². The van der Waals surface area contributed by atoms with Crippen molar-refractivity contribution < 1.29 is 4.92 Å². The smallest absolute Gasteiger partial charge is 0.270 e. The number of halogens is 1. The lowest BCUT2D eigenvalue weighted by atomic mass is 10.2. The molecule has 6 nitrogen and oxygen atoms in total. The van der Waals surface area contributed by atoms with Gasteiger partial charge in [0.05, 0.1) is 14.2 Å². The van der Waals surface area contributed by atoms with Crippen molar-refractivity contribution in [3.8, 4) is 11.4 Å². The van der Waals surface area contributed by atoms with Crippen molar-refractivity contribution in [3.63, 3.8) is 0 Å². The summed E-state index contributed by atoms with van der Waals surface area (Å²) in [5.41, 5.74) is 1.62. The van der Waals surface area contributed by atoms with Crippen molar-refractivity contribution in [2.24, 2.45) is 0 Å². The highest BCUT2D eigenvalue weighted by molar-refractivity contribution is 14.1. The SMILES string of the molecule is CCNc1nc(-c2cccc([N+](=O)[O-])c2)nc(CC)c1I. The number of anilines is 1. The number of aryl methyl sites for hydroxylation is 1. The molecule has 1 aromatic heterocycles. The molecule has 1 heterocycles. The number of non-ortho nitro benzene ring substituents is 1. The maximum Gasteiger partial charge on any atom is 0.270 e. The summed E-state index contributed by atoms with van der Waals surface area (Å²) in [6.45, 7) is 4.78. The Labute approximate surface area is 136 Å². The molecule has 0 fully saturated rings. The van der Waals surface area contributed by atoms with Gasteiger partial charge in [-0.1, -0.05) is 19.1 Å². The Bertz CT molecular complexity index is 676. The Morgan fingerprint density at radius 2 is 2.10 bits per heavy atom. The fourth-order valence-corrected chi connectivity index (χ4v) is 2.71. The molecular formula is C14H15IN4O2. The van der Waals surface area contributed by atoms with Crippen LogP contribution in [0, 0.1) is 13.7 Å². The second-order valence-electron chi connectivity index (χ2n) is 4.35. The van der Waals surface area contributed by atoms with Crippen LogP contribution in [0.5, 0.6) is 0 Å². The van der Waals surface area contributed by atoms with Crippen molar-refractivity contribution >= 4 is 34.1 Å². The number of hydrogen-bond acceptors (Lipinski definition) is 5. The third-order valence-corrected chi connectivity index (χ3v) is 4.05. The number of rotatable bonds is 5. The van der Waals surface area contributed by atoms with E-state index in [0.29, 0.717) is 11.4 Å². The van der Waals surface area contributed by atoms with Gasteiger partial charge in [-0.3, -0.25) is 10.1 Å². The Hall–Kier alpha value is -1.77. The molecule has 21 heavy (non-hydrogen) atoms. The van der Waals surface area contributed by atoms with E-state index in [2.05, 4.69) is 37.9 Å². The molecular weight excluding hydrogens is 383 g/mol. The molecule has 0 bridgehead atoms. The Morgan fingerprint density at radius 1 is 1.33 bits per heavy atom. The molecule has 0 aliphatic heterocycles. The quantitative estimate of drug-likeness (QED) is 0.473. The molecule has 1 aromatic carbocycles. The van der Waals surface area contributed by atoms with Gasteiger partial charge >= 0.3 is 0 Å². The summed E-state index contributed by atoms with van der Waals surface area (Å²) in [6.07, 6.45) is 0.779. The van der Waals surface area contributed by atoms with Crippen LogP contribution in [0.3, 0.4) is 0 Å². The minimum Gasteiger partial charge on any atom is -0.369 e. The van der Waals surface area contributed by atoms with Gasteiger partial charge in [0, 0.05) is 24.2 Å². The first-order valence-corrected chi connectivity index (χ1v) is 7.69. The fourth-order valence-electron chi connectivity index (χ4n) is 1.90. The molecule has 0 aliphatic rings. The van der Waals surface area contributed by atoms with Crippen molar-refractivity contribution in [2.45, 2.75) is 20.3 Å². The summed E-state index contributed by atoms with van der Waals surface area (Å²) in [7, 11) is 0. The van der Waals surface area contributed by atoms with E-state index in [1.807, 2.05) is 13.8 Å². The molecule has 1 N–H and O–H groups in total. The molecule has 0 saturated carbocycles. The Kier molecular flexibility index (Phi) is 5.05. The van der Waals surface area contributed by atoms with Gasteiger partial charge in [0.1, 0.15) is 5.82 Å². The Morgan fingerprint density at radius 3 is 2.71 bits per heavy atom.